The predicted molar refractivity (Wildman–Crippen MR) is 112 cm³/mol. The number of hydrogen-bond donors (Lipinski definition) is 0. The molecule has 0 fully saturated rings. The molecule has 2 aromatic carbocycles. The minimum absolute atomic E-state index is 0.265. The first kappa shape index (κ1) is 20.3. The van der Waals surface area contributed by atoms with Crippen molar-refractivity contribution in [3.8, 4) is 5.69 Å². The van der Waals surface area contributed by atoms with E-state index in [9.17, 15) is 8.42 Å². The van der Waals surface area contributed by atoms with Crippen molar-refractivity contribution in [1.82, 2.24) is 14.1 Å². The molecule has 0 aliphatic carbocycles. The normalized spacial score (nSPS) is 12.5. The molecule has 3 rings (SSSR count). The Balaban J connectivity index is 2.08. The molecular formula is C22H27N3O2S. The number of benzene rings is 2. The Hall–Kier alpha value is -2.44. The fraction of sp³-hybridized carbons (Fsp3) is 0.318. The van der Waals surface area contributed by atoms with Crippen molar-refractivity contribution in [2.75, 3.05) is 6.54 Å². The van der Waals surface area contributed by atoms with E-state index in [1.807, 2.05) is 88.4 Å². The standard InChI is InChI=1S/C22H27N3O2S/c1-5-24(16-18-12-8-6-9-13-18)28(26,27)20-17-25(19-14-10-7-11-15-19)23-21(20)22(2,3)4/h6-15,17H,5,16H2,1-4H3. The van der Waals surface area contributed by atoms with Gasteiger partial charge in [0.1, 0.15) is 4.90 Å². The smallest absolute Gasteiger partial charge is 0.239 e. The molecule has 3 aromatic rings. The third-order valence-corrected chi connectivity index (χ3v) is 6.51. The van der Waals surface area contributed by atoms with Crippen LogP contribution in [0.15, 0.2) is 71.8 Å². The Morgan fingerprint density at radius 1 is 0.964 bits per heavy atom. The third-order valence-electron chi connectivity index (χ3n) is 4.58. The van der Waals surface area contributed by atoms with E-state index >= 15 is 0 Å². The highest BCUT2D eigenvalue weighted by atomic mass is 32.2. The van der Waals surface area contributed by atoms with Crippen LogP contribution in [0.2, 0.25) is 0 Å². The largest absolute Gasteiger partial charge is 0.246 e. The van der Waals surface area contributed by atoms with Crippen LogP contribution < -0.4 is 0 Å². The average Bonchev–Trinajstić information content (AvgIpc) is 3.14. The summed E-state index contributed by atoms with van der Waals surface area (Å²) in [5, 5.41) is 4.65. The zero-order chi connectivity index (χ0) is 20.4. The molecule has 0 unspecified atom stereocenters. The van der Waals surface area contributed by atoms with Crippen molar-refractivity contribution in [3.05, 3.63) is 78.1 Å². The summed E-state index contributed by atoms with van der Waals surface area (Å²) in [6, 6.07) is 19.2. The van der Waals surface area contributed by atoms with Crippen molar-refractivity contribution in [1.29, 1.82) is 0 Å². The highest BCUT2D eigenvalue weighted by Crippen LogP contribution is 2.31. The average molecular weight is 398 g/mol. The van der Waals surface area contributed by atoms with E-state index < -0.39 is 15.4 Å². The van der Waals surface area contributed by atoms with Gasteiger partial charge in [-0.05, 0) is 17.7 Å². The van der Waals surface area contributed by atoms with Gasteiger partial charge in [0.05, 0.1) is 17.6 Å². The van der Waals surface area contributed by atoms with E-state index in [2.05, 4.69) is 5.10 Å². The van der Waals surface area contributed by atoms with Crippen LogP contribution in [0.3, 0.4) is 0 Å². The molecule has 0 radical (unpaired) electrons. The van der Waals surface area contributed by atoms with Crippen LogP contribution in [0.4, 0.5) is 0 Å². The first-order chi connectivity index (χ1) is 13.2. The Labute approximate surface area is 167 Å². The number of hydrogen-bond acceptors (Lipinski definition) is 3. The number of nitrogens with zero attached hydrogens (tertiary/aromatic N) is 3. The number of para-hydroxylation sites is 1. The molecule has 1 aromatic heterocycles. The number of aromatic nitrogens is 2. The first-order valence-corrected chi connectivity index (χ1v) is 10.9. The third kappa shape index (κ3) is 4.18. The molecule has 6 heteroatoms. The fourth-order valence-electron chi connectivity index (χ4n) is 3.07. The second kappa shape index (κ2) is 7.89. The minimum Gasteiger partial charge on any atom is -0.239 e. The van der Waals surface area contributed by atoms with Crippen molar-refractivity contribution in [3.63, 3.8) is 0 Å². The number of rotatable bonds is 6. The van der Waals surface area contributed by atoms with E-state index in [4.69, 9.17) is 0 Å². The van der Waals surface area contributed by atoms with Gasteiger partial charge < -0.3 is 0 Å². The van der Waals surface area contributed by atoms with Gasteiger partial charge >= 0.3 is 0 Å². The zero-order valence-electron chi connectivity index (χ0n) is 16.8. The summed E-state index contributed by atoms with van der Waals surface area (Å²) in [5.41, 5.74) is 1.96. The predicted octanol–water partition coefficient (Wildman–Crippen LogP) is 4.38. The van der Waals surface area contributed by atoms with E-state index in [1.54, 1.807) is 10.9 Å². The Morgan fingerprint density at radius 3 is 2.07 bits per heavy atom. The molecule has 0 saturated heterocycles. The lowest BCUT2D eigenvalue weighted by atomic mass is 9.92. The van der Waals surface area contributed by atoms with Gasteiger partial charge in [0.2, 0.25) is 10.0 Å². The van der Waals surface area contributed by atoms with E-state index in [0.717, 1.165) is 11.3 Å². The van der Waals surface area contributed by atoms with Gasteiger partial charge in [-0.3, -0.25) is 0 Å². The maximum Gasteiger partial charge on any atom is 0.246 e. The Morgan fingerprint density at radius 2 is 1.54 bits per heavy atom. The second-order valence-electron chi connectivity index (χ2n) is 7.79. The molecular weight excluding hydrogens is 370 g/mol. The zero-order valence-corrected chi connectivity index (χ0v) is 17.6. The molecule has 1 heterocycles. The molecule has 0 saturated carbocycles. The van der Waals surface area contributed by atoms with E-state index in [1.165, 1.54) is 4.31 Å². The summed E-state index contributed by atoms with van der Waals surface area (Å²) in [5.74, 6) is 0. The Bertz CT molecular complexity index is 1020. The molecule has 148 valence electrons. The molecule has 0 amide bonds. The molecule has 0 spiro atoms. The molecule has 0 bridgehead atoms. The lowest BCUT2D eigenvalue weighted by molar-refractivity contribution is 0.420. The lowest BCUT2D eigenvalue weighted by Gasteiger charge is -2.23. The van der Waals surface area contributed by atoms with Gasteiger partial charge in [-0.25, -0.2) is 13.1 Å². The maximum absolute atomic E-state index is 13.6. The summed E-state index contributed by atoms with van der Waals surface area (Å²) >= 11 is 0. The van der Waals surface area contributed by atoms with Crippen molar-refractivity contribution >= 4 is 10.0 Å². The second-order valence-corrected chi connectivity index (χ2v) is 9.70. The van der Waals surface area contributed by atoms with Crippen LogP contribution in [0.25, 0.3) is 5.69 Å². The van der Waals surface area contributed by atoms with Crippen LogP contribution in [-0.4, -0.2) is 29.0 Å². The van der Waals surface area contributed by atoms with Gasteiger partial charge in [0.25, 0.3) is 0 Å². The molecule has 0 N–H and O–H groups in total. The van der Waals surface area contributed by atoms with Crippen LogP contribution in [0.1, 0.15) is 39.0 Å². The molecule has 0 atom stereocenters. The summed E-state index contributed by atoms with van der Waals surface area (Å²) in [6.07, 6.45) is 1.64. The van der Waals surface area contributed by atoms with Gasteiger partial charge in [-0.15, -0.1) is 0 Å². The highest BCUT2D eigenvalue weighted by molar-refractivity contribution is 7.89. The summed E-state index contributed by atoms with van der Waals surface area (Å²) in [6.45, 7) is 8.53. The van der Waals surface area contributed by atoms with Crippen LogP contribution >= 0.6 is 0 Å². The number of sulfonamides is 1. The lowest BCUT2D eigenvalue weighted by Crippen LogP contribution is -2.32. The van der Waals surface area contributed by atoms with Gasteiger partial charge in [0.15, 0.2) is 0 Å². The van der Waals surface area contributed by atoms with Crippen LogP contribution in [0, 0.1) is 0 Å². The fourth-order valence-corrected chi connectivity index (χ4v) is 4.83. The van der Waals surface area contributed by atoms with Crippen molar-refractivity contribution in [2.45, 2.75) is 44.6 Å². The summed E-state index contributed by atoms with van der Waals surface area (Å²) < 4.78 is 30.3. The summed E-state index contributed by atoms with van der Waals surface area (Å²) in [4.78, 5) is 0.265. The summed E-state index contributed by atoms with van der Waals surface area (Å²) in [7, 11) is -3.70. The first-order valence-electron chi connectivity index (χ1n) is 9.43. The topological polar surface area (TPSA) is 55.2 Å². The van der Waals surface area contributed by atoms with Gasteiger partial charge in [0, 0.05) is 18.5 Å². The van der Waals surface area contributed by atoms with Gasteiger partial charge in [-0.2, -0.15) is 9.40 Å². The molecule has 5 nitrogen and oxygen atoms in total. The van der Waals surface area contributed by atoms with Gasteiger partial charge in [-0.1, -0.05) is 76.2 Å². The minimum atomic E-state index is -3.70. The quantitative estimate of drug-likeness (QED) is 0.620. The van der Waals surface area contributed by atoms with Crippen molar-refractivity contribution < 1.29 is 8.42 Å². The monoisotopic (exact) mass is 397 g/mol. The highest BCUT2D eigenvalue weighted by Gasteiger charge is 2.33. The Kier molecular flexibility index (Phi) is 5.72. The maximum atomic E-state index is 13.6. The van der Waals surface area contributed by atoms with Crippen LogP contribution in [0.5, 0.6) is 0 Å². The molecule has 0 aliphatic heterocycles. The van der Waals surface area contributed by atoms with Crippen molar-refractivity contribution in [2.24, 2.45) is 0 Å². The molecule has 28 heavy (non-hydrogen) atoms. The SMILES string of the molecule is CCN(Cc1ccccc1)S(=O)(=O)c1cn(-c2ccccc2)nc1C(C)(C)C. The molecule has 0 aliphatic rings. The van der Waals surface area contributed by atoms with E-state index in [0.29, 0.717) is 18.8 Å². The van der Waals surface area contributed by atoms with E-state index in [-0.39, 0.29) is 4.90 Å². The van der Waals surface area contributed by atoms with Crippen LogP contribution in [-0.2, 0) is 22.0 Å².